The molecule has 0 saturated heterocycles. The summed E-state index contributed by atoms with van der Waals surface area (Å²) < 4.78 is 4.12. The van der Waals surface area contributed by atoms with Gasteiger partial charge >= 0.3 is 0 Å². The summed E-state index contributed by atoms with van der Waals surface area (Å²) in [6, 6.07) is 10.4. The highest BCUT2D eigenvalue weighted by Crippen LogP contribution is 2.14. The molecule has 0 amide bonds. The van der Waals surface area contributed by atoms with Crippen molar-refractivity contribution in [2.24, 2.45) is 4.99 Å². The summed E-state index contributed by atoms with van der Waals surface area (Å²) in [6.07, 6.45) is 2.64. The van der Waals surface area contributed by atoms with Gasteiger partial charge in [-0.3, -0.25) is 9.67 Å². The maximum Gasteiger partial charge on any atom is 0.191 e. The number of benzene rings is 1. The molecule has 0 unspecified atom stereocenters. The first-order valence-corrected chi connectivity index (χ1v) is 10.00. The third-order valence-electron chi connectivity index (χ3n) is 5.02. The van der Waals surface area contributed by atoms with Gasteiger partial charge in [0.05, 0.1) is 12.2 Å². The predicted molar refractivity (Wildman–Crippen MR) is 115 cm³/mol. The number of guanidine groups is 1. The molecule has 3 rings (SSSR count). The molecule has 0 fully saturated rings. The van der Waals surface area contributed by atoms with E-state index in [-0.39, 0.29) is 0 Å². The largest absolute Gasteiger partial charge is 0.355 e. The fourth-order valence-electron chi connectivity index (χ4n) is 3.33. The Kier molecular flexibility index (Phi) is 6.99. The van der Waals surface area contributed by atoms with Gasteiger partial charge in [0.2, 0.25) is 0 Å². The molecular weight excluding hydrogens is 364 g/mol. The average Bonchev–Trinajstić information content (AvgIpc) is 3.29. The van der Waals surface area contributed by atoms with Crippen LogP contribution in [0.2, 0.25) is 0 Å². The van der Waals surface area contributed by atoms with Crippen LogP contribution in [0.4, 0.5) is 0 Å². The molecule has 154 valence electrons. The van der Waals surface area contributed by atoms with Gasteiger partial charge in [0.25, 0.3) is 0 Å². The van der Waals surface area contributed by atoms with E-state index in [1.807, 2.05) is 6.07 Å². The van der Waals surface area contributed by atoms with Crippen molar-refractivity contribution >= 4 is 5.96 Å². The maximum atomic E-state index is 4.72. The molecule has 0 atom stereocenters. The smallest absolute Gasteiger partial charge is 0.191 e. The Balaban J connectivity index is 1.55. The Labute approximate surface area is 172 Å². The van der Waals surface area contributed by atoms with Crippen LogP contribution >= 0.6 is 0 Å². The Morgan fingerprint density at radius 2 is 1.93 bits per heavy atom. The molecule has 0 aliphatic heterocycles. The first kappa shape index (κ1) is 20.6. The molecule has 2 N–H and O–H groups in total. The predicted octanol–water partition coefficient (Wildman–Crippen LogP) is 2.07. The average molecular weight is 395 g/mol. The molecule has 2 aromatic heterocycles. The number of nitrogens with one attached hydrogen (secondary N) is 2. The fraction of sp³-hybridized carbons (Fsp3) is 0.429. The molecule has 29 heavy (non-hydrogen) atoms. The van der Waals surface area contributed by atoms with Gasteiger partial charge < -0.3 is 15.2 Å². The Hall–Kier alpha value is -3.16. The van der Waals surface area contributed by atoms with Crippen LogP contribution in [0.5, 0.6) is 0 Å². The first-order chi connectivity index (χ1) is 14.1. The SMILES string of the molecule is CCc1nncn1CCNC(=NC)NCc1c(C)nn(Cc2ccccc2)c1C. The highest BCUT2D eigenvalue weighted by Gasteiger charge is 2.12. The minimum Gasteiger partial charge on any atom is -0.355 e. The molecule has 8 heteroatoms. The molecule has 0 radical (unpaired) electrons. The van der Waals surface area contributed by atoms with E-state index in [1.165, 1.54) is 16.8 Å². The van der Waals surface area contributed by atoms with Crippen molar-refractivity contribution in [3.05, 3.63) is 65.0 Å². The number of hydrogen-bond acceptors (Lipinski definition) is 4. The highest BCUT2D eigenvalue weighted by molar-refractivity contribution is 5.79. The monoisotopic (exact) mass is 394 g/mol. The van der Waals surface area contributed by atoms with Crippen LogP contribution in [0.25, 0.3) is 0 Å². The van der Waals surface area contributed by atoms with Crippen molar-refractivity contribution in [2.75, 3.05) is 13.6 Å². The summed E-state index contributed by atoms with van der Waals surface area (Å²) in [7, 11) is 1.78. The number of hydrogen-bond donors (Lipinski definition) is 2. The van der Waals surface area contributed by atoms with Crippen LogP contribution in [0, 0.1) is 13.8 Å². The van der Waals surface area contributed by atoms with Gasteiger partial charge in [-0.05, 0) is 19.4 Å². The summed E-state index contributed by atoms with van der Waals surface area (Å²) in [5.74, 6) is 1.76. The van der Waals surface area contributed by atoms with E-state index in [0.29, 0.717) is 6.54 Å². The van der Waals surface area contributed by atoms with Crippen molar-refractivity contribution < 1.29 is 0 Å². The van der Waals surface area contributed by atoms with E-state index in [1.54, 1.807) is 13.4 Å². The van der Waals surface area contributed by atoms with Gasteiger partial charge in [-0.1, -0.05) is 37.3 Å². The standard InChI is InChI=1S/C21H30N8/c1-5-20-26-25-15-28(20)12-11-23-21(22-4)24-13-19-16(2)27-29(17(19)3)14-18-9-7-6-8-10-18/h6-10,15H,5,11-14H2,1-4H3,(H2,22,23,24). The van der Waals surface area contributed by atoms with Crippen molar-refractivity contribution in [3.63, 3.8) is 0 Å². The van der Waals surface area contributed by atoms with Gasteiger partial charge in [-0.25, -0.2) is 0 Å². The molecular formula is C21H30N8. The highest BCUT2D eigenvalue weighted by atomic mass is 15.3. The number of aromatic nitrogens is 5. The van der Waals surface area contributed by atoms with Crippen molar-refractivity contribution in [2.45, 2.75) is 46.8 Å². The maximum absolute atomic E-state index is 4.72. The van der Waals surface area contributed by atoms with Crippen molar-refractivity contribution in [1.29, 1.82) is 0 Å². The molecule has 0 saturated carbocycles. The van der Waals surface area contributed by atoms with Crippen molar-refractivity contribution in [1.82, 2.24) is 35.2 Å². The van der Waals surface area contributed by atoms with Gasteiger partial charge in [-0.2, -0.15) is 5.10 Å². The molecule has 0 aliphatic rings. The number of aliphatic imine (C=N–C) groups is 1. The molecule has 8 nitrogen and oxygen atoms in total. The van der Waals surface area contributed by atoms with E-state index in [9.17, 15) is 0 Å². The Bertz CT molecular complexity index is 939. The third-order valence-corrected chi connectivity index (χ3v) is 5.02. The van der Waals surface area contributed by atoms with Crippen LogP contribution in [-0.2, 0) is 26.1 Å². The second-order valence-corrected chi connectivity index (χ2v) is 6.94. The van der Waals surface area contributed by atoms with Crippen LogP contribution in [0.1, 0.15) is 35.3 Å². The van der Waals surface area contributed by atoms with Crippen LogP contribution in [0.15, 0.2) is 41.7 Å². The normalized spacial score (nSPS) is 11.7. The summed E-state index contributed by atoms with van der Waals surface area (Å²) in [4.78, 5) is 4.33. The lowest BCUT2D eigenvalue weighted by atomic mass is 10.2. The minimum atomic E-state index is 0.680. The van der Waals surface area contributed by atoms with E-state index in [2.05, 4.69) is 80.1 Å². The molecule has 1 aromatic carbocycles. The first-order valence-electron chi connectivity index (χ1n) is 10.00. The lowest BCUT2D eigenvalue weighted by Crippen LogP contribution is -2.38. The molecule has 0 spiro atoms. The topological polar surface area (TPSA) is 84.9 Å². The van der Waals surface area contributed by atoms with Crippen LogP contribution in [0.3, 0.4) is 0 Å². The van der Waals surface area contributed by atoms with Crippen molar-refractivity contribution in [3.8, 4) is 0 Å². The van der Waals surface area contributed by atoms with E-state index in [0.717, 1.165) is 43.5 Å². The summed E-state index contributed by atoms with van der Waals surface area (Å²) in [5.41, 5.74) is 4.66. The van der Waals surface area contributed by atoms with Gasteiger partial charge in [0, 0.05) is 44.4 Å². The van der Waals surface area contributed by atoms with Crippen LogP contribution in [-0.4, -0.2) is 44.1 Å². The third kappa shape index (κ3) is 5.22. The van der Waals surface area contributed by atoms with Gasteiger partial charge in [-0.15, -0.1) is 10.2 Å². The van der Waals surface area contributed by atoms with Gasteiger partial charge in [0.1, 0.15) is 12.2 Å². The zero-order valence-corrected chi connectivity index (χ0v) is 17.7. The number of aryl methyl sites for hydroxylation is 2. The van der Waals surface area contributed by atoms with Crippen LogP contribution < -0.4 is 10.6 Å². The molecule has 3 aromatic rings. The molecule has 2 heterocycles. The number of nitrogens with zero attached hydrogens (tertiary/aromatic N) is 6. The zero-order valence-electron chi connectivity index (χ0n) is 17.7. The second kappa shape index (κ2) is 9.86. The fourth-order valence-corrected chi connectivity index (χ4v) is 3.33. The Morgan fingerprint density at radius 1 is 1.14 bits per heavy atom. The molecule has 0 aliphatic carbocycles. The van der Waals surface area contributed by atoms with E-state index >= 15 is 0 Å². The summed E-state index contributed by atoms with van der Waals surface area (Å²) in [5, 5.41) is 19.6. The van der Waals surface area contributed by atoms with E-state index in [4.69, 9.17) is 5.10 Å². The van der Waals surface area contributed by atoms with E-state index < -0.39 is 0 Å². The summed E-state index contributed by atoms with van der Waals surface area (Å²) >= 11 is 0. The lowest BCUT2D eigenvalue weighted by molar-refractivity contribution is 0.632. The summed E-state index contributed by atoms with van der Waals surface area (Å²) in [6.45, 7) is 9.25. The Morgan fingerprint density at radius 3 is 2.66 bits per heavy atom. The lowest BCUT2D eigenvalue weighted by Gasteiger charge is -2.13. The quantitative estimate of drug-likeness (QED) is 0.451. The second-order valence-electron chi connectivity index (χ2n) is 6.94. The minimum absolute atomic E-state index is 0.680. The van der Waals surface area contributed by atoms with Gasteiger partial charge in [0.15, 0.2) is 5.96 Å². The number of rotatable bonds is 8. The zero-order chi connectivity index (χ0) is 20.6. The molecule has 0 bridgehead atoms.